The Labute approximate surface area is 114 Å². The predicted molar refractivity (Wildman–Crippen MR) is 74.4 cm³/mol. The van der Waals surface area contributed by atoms with Gasteiger partial charge >= 0.3 is 0 Å². The summed E-state index contributed by atoms with van der Waals surface area (Å²) >= 11 is 0. The molecule has 1 saturated carbocycles. The molecular formula is C14H24N4O. The van der Waals surface area contributed by atoms with E-state index in [4.69, 9.17) is 5.73 Å². The van der Waals surface area contributed by atoms with Gasteiger partial charge in [-0.05, 0) is 31.1 Å². The van der Waals surface area contributed by atoms with Gasteiger partial charge in [0.15, 0.2) is 0 Å². The number of nitrogens with one attached hydrogen (secondary N) is 2. The standard InChI is InChI=1S/C14H24N4O/c1-9-3-4-13(10(2)5-9)18-14(19)12(15)6-11-7-16-8-17-11/h7-10,12-13H,3-6,15H2,1-2H3,(H,16,17)(H,18,19)/t9?,10?,12-,13?/m0/s1. The highest BCUT2D eigenvalue weighted by molar-refractivity contribution is 5.82. The topological polar surface area (TPSA) is 83.8 Å². The molecule has 4 N–H and O–H groups in total. The van der Waals surface area contributed by atoms with Crippen LogP contribution in [0.5, 0.6) is 0 Å². The van der Waals surface area contributed by atoms with Crippen LogP contribution in [-0.2, 0) is 11.2 Å². The Balaban J connectivity index is 1.83. The number of hydrogen-bond acceptors (Lipinski definition) is 3. The predicted octanol–water partition coefficient (Wildman–Crippen LogP) is 1.22. The highest BCUT2D eigenvalue weighted by Gasteiger charge is 2.27. The van der Waals surface area contributed by atoms with E-state index in [9.17, 15) is 4.79 Å². The molecule has 0 aromatic carbocycles. The first-order valence-corrected chi connectivity index (χ1v) is 7.09. The Morgan fingerprint density at radius 3 is 3.00 bits per heavy atom. The van der Waals surface area contributed by atoms with E-state index < -0.39 is 6.04 Å². The molecule has 5 nitrogen and oxygen atoms in total. The van der Waals surface area contributed by atoms with Crippen molar-refractivity contribution in [3.05, 3.63) is 18.2 Å². The van der Waals surface area contributed by atoms with Crippen molar-refractivity contribution in [2.75, 3.05) is 0 Å². The van der Waals surface area contributed by atoms with Gasteiger partial charge in [0.2, 0.25) is 5.91 Å². The second kappa shape index (κ2) is 6.19. The molecule has 106 valence electrons. The van der Waals surface area contributed by atoms with Crippen molar-refractivity contribution in [1.29, 1.82) is 0 Å². The summed E-state index contributed by atoms with van der Waals surface area (Å²) in [6, 6.07) is -0.233. The fourth-order valence-electron chi connectivity index (χ4n) is 2.90. The monoisotopic (exact) mass is 264 g/mol. The Kier molecular flexibility index (Phi) is 4.58. The molecule has 1 aliphatic carbocycles. The molecule has 1 aliphatic rings. The molecule has 19 heavy (non-hydrogen) atoms. The Morgan fingerprint density at radius 1 is 1.58 bits per heavy atom. The summed E-state index contributed by atoms with van der Waals surface area (Å²) < 4.78 is 0. The molecule has 4 atom stereocenters. The Hall–Kier alpha value is -1.36. The third-order valence-electron chi connectivity index (χ3n) is 4.09. The summed E-state index contributed by atoms with van der Waals surface area (Å²) in [6.07, 6.45) is 7.24. The lowest BCUT2D eigenvalue weighted by Crippen LogP contribution is -2.49. The number of imidazole rings is 1. The maximum atomic E-state index is 12.1. The van der Waals surface area contributed by atoms with Gasteiger partial charge in [-0.1, -0.05) is 13.8 Å². The summed E-state index contributed by atoms with van der Waals surface area (Å²) in [5.74, 6) is 1.25. The van der Waals surface area contributed by atoms with Crippen LogP contribution in [0, 0.1) is 11.8 Å². The minimum Gasteiger partial charge on any atom is -0.352 e. The summed E-state index contributed by atoms with van der Waals surface area (Å²) in [5.41, 5.74) is 6.83. The average Bonchev–Trinajstić information content (AvgIpc) is 2.85. The van der Waals surface area contributed by atoms with Gasteiger partial charge < -0.3 is 16.0 Å². The SMILES string of the molecule is CC1CCC(NC(=O)[C@@H](N)Cc2cnc[nH]2)C(C)C1. The number of carbonyl (C=O) groups excluding carboxylic acids is 1. The molecule has 5 heteroatoms. The van der Waals surface area contributed by atoms with E-state index in [0.29, 0.717) is 12.3 Å². The summed E-state index contributed by atoms with van der Waals surface area (Å²) in [6.45, 7) is 4.49. The van der Waals surface area contributed by atoms with Crippen LogP contribution in [0.25, 0.3) is 0 Å². The van der Waals surface area contributed by atoms with Crippen LogP contribution in [0.2, 0.25) is 0 Å². The lowest BCUT2D eigenvalue weighted by Gasteiger charge is -2.33. The van der Waals surface area contributed by atoms with Gasteiger partial charge in [-0.3, -0.25) is 4.79 Å². The molecule has 0 aliphatic heterocycles. The van der Waals surface area contributed by atoms with Gasteiger partial charge in [0.05, 0.1) is 12.4 Å². The third-order valence-corrected chi connectivity index (χ3v) is 4.09. The van der Waals surface area contributed by atoms with Crippen molar-refractivity contribution < 1.29 is 4.79 Å². The molecule has 2 rings (SSSR count). The van der Waals surface area contributed by atoms with E-state index in [0.717, 1.165) is 18.0 Å². The van der Waals surface area contributed by atoms with Gasteiger partial charge in [-0.2, -0.15) is 0 Å². The van der Waals surface area contributed by atoms with E-state index in [2.05, 4.69) is 29.1 Å². The molecule has 1 heterocycles. The van der Waals surface area contributed by atoms with Crippen LogP contribution in [0.15, 0.2) is 12.5 Å². The summed E-state index contributed by atoms with van der Waals surface area (Å²) in [5, 5.41) is 3.10. The van der Waals surface area contributed by atoms with Crippen LogP contribution < -0.4 is 11.1 Å². The lowest BCUT2D eigenvalue weighted by molar-refractivity contribution is -0.123. The molecule has 0 radical (unpaired) electrons. The van der Waals surface area contributed by atoms with E-state index >= 15 is 0 Å². The normalized spacial score (nSPS) is 28.9. The van der Waals surface area contributed by atoms with Crippen molar-refractivity contribution in [3.63, 3.8) is 0 Å². The van der Waals surface area contributed by atoms with Crippen molar-refractivity contribution in [3.8, 4) is 0 Å². The first-order chi connectivity index (χ1) is 9.06. The first kappa shape index (κ1) is 14.1. The number of aromatic amines is 1. The van der Waals surface area contributed by atoms with Crippen molar-refractivity contribution in [1.82, 2.24) is 15.3 Å². The number of aromatic nitrogens is 2. The van der Waals surface area contributed by atoms with E-state index in [1.165, 1.54) is 12.8 Å². The zero-order chi connectivity index (χ0) is 13.8. The number of amides is 1. The van der Waals surface area contributed by atoms with Gasteiger partial charge in [-0.25, -0.2) is 4.98 Å². The minimum absolute atomic E-state index is 0.0546. The van der Waals surface area contributed by atoms with E-state index in [1.807, 2.05) is 0 Å². The Morgan fingerprint density at radius 2 is 2.37 bits per heavy atom. The van der Waals surface area contributed by atoms with Crippen LogP contribution in [0.3, 0.4) is 0 Å². The summed E-state index contributed by atoms with van der Waals surface area (Å²) in [4.78, 5) is 19.0. The van der Waals surface area contributed by atoms with Crippen molar-refractivity contribution >= 4 is 5.91 Å². The van der Waals surface area contributed by atoms with Crippen molar-refractivity contribution in [2.45, 2.75) is 51.6 Å². The fraction of sp³-hybridized carbons (Fsp3) is 0.714. The largest absolute Gasteiger partial charge is 0.352 e. The second-order valence-electron chi connectivity index (χ2n) is 5.90. The highest BCUT2D eigenvalue weighted by atomic mass is 16.2. The second-order valence-corrected chi connectivity index (χ2v) is 5.90. The molecular weight excluding hydrogens is 240 g/mol. The molecule has 0 saturated heterocycles. The van der Waals surface area contributed by atoms with Gasteiger partial charge in [0.1, 0.15) is 0 Å². The highest BCUT2D eigenvalue weighted by Crippen LogP contribution is 2.28. The van der Waals surface area contributed by atoms with Crippen LogP contribution in [0.1, 0.15) is 38.8 Å². The van der Waals surface area contributed by atoms with E-state index in [-0.39, 0.29) is 11.9 Å². The smallest absolute Gasteiger partial charge is 0.237 e. The zero-order valence-corrected chi connectivity index (χ0v) is 11.7. The quantitative estimate of drug-likeness (QED) is 0.764. The lowest BCUT2D eigenvalue weighted by atomic mass is 9.80. The average molecular weight is 264 g/mol. The number of rotatable bonds is 4. The Bertz CT molecular complexity index is 404. The molecule has 0 spiro atoms. The van der Waals surface area contributed by atoms with Gasteiger partial charge in [-0.15, -0.1) is 0 Å². The van der Waals surface area contributed by atoms with Crippen molar-refractivity contribution in [2.24, 2.45) is 17.6 Å². The van der Waals surface area contributed by atoms with Crippen LogP contribution in [0.4, 0.5) is 0 Å². The minimum atomic E-state index is -0.507. The third kappa shape index (κ3) is 3.80. The molecule has 0 bridgehead atoms. The number of nitrogens with two attached hydrogens (primary N) is 1. The van der Waals surface area contributed by atoms with Crippen LogP contribution >= 0.6 is 0 Å². The number of nitrogens with zero attached hydrogens (tertiary/aromatic N) is 1. The number of carbonyl (C=O) groups is 1. The maximum Gasteiger partial charge on any atom is 0.237 e. The molecule has 1 fully saturated rings. The van der Waals surface area contributed by atoms with Crippen LogP contribution in [-0.4, -0.2) is 28.0 Å². The maximum absolute atomic E-state index is 12.1. The summed E-state index contributed by atoms with van der Waals surface area (Å²) in [7, 11) is 0. The molecule has 1 amide bonds. The fourth-order valence-corrected chi connectivity index (χ4v) is 2.90. The van der Waals surface area contributed by atoms with Gasteiger partial charge in [0.25, 0.3) is 0 Å². The van der Waals surface area contributed by atoms with Gasteiger partial charge in [0, 0.05) is 24.4 Å². The number of hydrogen-bond donors (Lipinski definition) is 3. The zero-order valence-electron chi connectivity index (χ0n) is 11.7. The molecule has 3 unspecified atom stereocenters. The number of H-pyrrole nitrogens is 1. The molecule has 1 aromatic heterocycles. The molecule has 1 aromatic rings. The first-order valence-electron chi connectivity index (χ1n) is 7.09. The van der Waals surface area contributed by atoms with E-state index in [1.54, 1.807) is 12.5 Å².